The largest absolute Gasteiger partial charge is 0.389 e. The average Bonchev–Trinajstić information content (AvgIpc) is 3.08. The highest BCUT2D eigenvalue weighted by Gasteiger charge is 2.41. The van der Waals surface area contributed by atoms with E-state index in [0.717, 1.165) is 19.1 Å². The topological polar surface area (TPSA) is 106 Å². The van der Waals surface area contributed by atoms with Crippen LogP contribution in [-0.2, 0) is 9.84 Å². The molecular weight excluding hydrogens is 330 g/mol. The van der Waals surface area contributed by atoms with Gasteiger partial charge >= 0.3 is 0 Å². The third kappa shape index (κ3) is 2.29. The van der Waals surface area contributed by atoms with E-state index in [4.69, 9.17) is 4.52 Å². The van der Waals surface area contributed by atoms with E-state index < -0.39 is 15.4 Å². The SMILES string of the molecule is C[C@@]1(O)CCC[C@H]1c1noc2ccc3cnc(S(C)(=O)=O)nc3c12. The first-order chi connectivity index (χ1) is 11.3. The number of aliphatic hydroxyl groups is 1. The Kier molecular flexibility index (Phi) is 3.20. The second-order valence-electron chi connectivity index (χ2n) is 6.67. The molecule has 0 radical (unpaired) electrons. The number of aromatic nitrogens is 3. The van der Waals surface area contributed by atoms with Crippen molar-refractivity contribution >= 4 is 31.7 Å². The van der Waals surface area contributed by atoms with Gasteiger partial charge in [0.15, 0.2) is 5.58 Å². The maximum Gasteiger partial charge on any atom is 0.247 e. The van der Waals surface area contributed by atoms with Crippen molar-refractivity contribution in [3.63, 3.8) is 0 Å². The predicted molar refractivity (Wildman–Crippen MR) is 87.4 cm³/mol. The minimum Gasteiger partial charge on any atom is -0.389 e. The molecule has 0 amide bonds. The quantitative estimate of drug-likeness (QED) is 0.708. The third-order valence-corrected chi connectivity index (χ3v) is 5.64. The molecule has 8 heteroatoms. The normalized spacial score (nSPS) is 24.9. The van der Waals surface area contributed by atoms with Crippen LogP contribution in [0, 0.1) is 0 Å². The van der Waals surface area contributed by atoms with Crippen LogP contribution in [0.4, 0.5) is 0 Å². The van der Waals surface area contributed by atoms with Crippen LogP contribution in [0.15, 0.2) is 28.0 Å². The van der Waals surface area contributed by atoms with E-state index in [2.05, 4.69) is 15.1 Å². The summed E-state index contributed by atoms with van der Waals surface area (Å²) in [5.74, 6) is -0.166. The Morgan fingerprint density at radius 1 is 1.38 bits per heavy atom. The lowest BCUT2D eigenvalue weighted by Gasteiger charge is -2.23. The predicted octanol–water partition coefficient (Wildman–Crippen LogP) is 2.19. The number of hydrogen-bond acceptors (Lipinski definition) is 7. The molecule has 3 aromatic rings. The van der Waals surface area contributed by atoms with Crippen LogP contribution in [0.2, 0.25) is 0 Å². The first kappa shape index (κ1) is 15.5. The molecule has 0 bridgehead atoms. The van der Waals surface area contributed by atoms with Crippen molar-refractivity contribution in [3.8, 4) is 0 Å². The summed E-state index contributed by atoms with van der Waals surface area (Å²) in [5, 5.41) is 15.9. The zero-order valence-electron chi connectivity index (χ0n) is 13.4. The van der Waals surface area contributed by atoms with Gasteiger partial charge in [-0.25, -0.2) is 18.4 Å². The van der Waals surface area contributed by atoms with Gasteiger partial charge in [0.2, 0.25) is 15.0 Å². The van der Waals surface area contributed by atoms with Crippen LogP contribution < -0.4 is 0 Å². The molecule has 0 spiro atoms. The van der Waals surface area contributed by atoms with Gasteiger partial charge in [-0.2, -0.15) is 0 Å². The summed E-state index contributed by atoms with van der Waals surface area (Å²) in [5.41, 5.74) is 0.787. The number of sulfone groups is 1. The molecule has 0 aliphatic heterocycles. The fourth-order valence-electron chi connectivity index (χ4n) is 3.53. The van der Waals surface area contributed by atoms with Crippen molar-refractivity contribution in [2.24, 2.45) is 0 Å². The van der Waals surface area contributed by atoms with Crippen molar-refractivity contribution in [2.45, 2.75) is 42.9 Å². The van der Waals surface area contributed by atoms with Crippen LogP contribution >= 0.6 is 0 Å². The molecule has 4 rings (SSSR count). The van der Waals surface area contributed by atoms with Gasteiger partial charge in [0.05, 0.1) is 22.2 Å². The Hall–Kier alpha value is -2.06. The molecule has 2 heterocycles. The second kappa shape index (κ2) is 4.97. The fourth-order valence-corrected chi connectivity index (χ4v) is 4.03. The number of fused-ring (bicyclic) bond motifs is 3. The van der Waals surface area contributed by atoms with Crippen molar-refractivity contribution in [3.05, 3.63) is 24.0 Å². The average molecular weight is 347 g/mol. The van der Waals surface area contributed by atoms with Crippen molar-refractivity contribution < 1.29 is 18.0 Å². The van der Waals surface area contributed by atoms with Crippen LogP contribution in [0.5, 0.6) is 0 Å². The number of benzene rings is 1. The van der Waals surface area contributed by atoms with Gasteiger partial charge in [-0.3, -0.25) is 0 Å². The van der Waals surface area contributed by atoms with E-state index in [1.807, 2.05) is 0 Å². The van der Waals surface area contributed by atoms with Gasteiger partial charge in [-0.15, -0.1) is 0 Å². The zero-order valence-corrected chi connectivity index (χ0v) is 14.2. The van der Waals surface area contributed by atoms with Gasteiger partial charge in [0, 0.05) is 23.8 Å². The Balaban J connectivity index is 2.04. The molecule has 2 atom stereocenters. The maximum absolute atomic E-state index is 11.8. The van der Waals surface area contributed by atoms with Crippen LogP contribution in [-0.4, -0.2) is 40.5 Å². The van der Waals surface area contributed by atoms with Gasteiger partial charge in [0.1, 0.15) is 0 Å². The Labute approximate surface area is 138 Å². The highest BCUT2D eigenvalue weighted by atomic mass is 32.2. The molecule has 126 valence electrons. The van der Waals surface area contributed by atoms with Gasteiger partial charge in [-0.05, 0) is 38.3 Å². The molecular formula is C16H17N3O4S. The van der Waals surface area contributed by atoms with Crippen LogP contribution in [0.25, 0.3) is 21.9 Å². The van der Waals surface area contributed by atoms with E-state index in [-0.39, 0.29) is 11.1 Å². The zero-order chi connectivity index (χ0) is 17.1. The molecule has 7 nitrogen and oxygen atoms in total. The van der Waals surface area contributed by atoms with Gasteiger partial charge in [0.25, 0.3) is 0 Å². The highest BCUT2D eigenvalue weighted by Crippen LogP contribution is 2.45. The number of hydrogen-bond donors (Lipinski definition) is 1. The molecule has 1 aromatic carbocycles. The van der Waals surface area contributed by atoms with E-state index in [9.17, 15) is 13.5 Å². The summed E-state index contributed by atoms with van der Waals surface area (Å²) in [6.45, 7) is 1.80. The van der Waals surface area contributed by atoms with Crippen molar-refractivity contribution in [2.75, 3.05) is 6.26 Å². The summed E-state index contributed by atoms with van der Waals surface area (Å²) in [6, 6.07) is 3.53. The van der Waals surface area contributed by atoms with Gasteiger partial charge in [-0.1, -0.05) is 5.16 Å². The lowest BCUT2D eigenvalue weighted by Crippen LogP contribution is -2.27. The van der Waals surface area contributed by atoms with Crippen LogP contribution in [0.1, 0.15) is 37.8 Å². The summed E-state index contributed by atoms with van der Waals surface area (Å²) >= 11 is 0. The Bertz CT molecular complexity index is 1060. The van der Waals surface area contributed by atoms with Gasteiger partial charge < -0.3 is 9.63 Å². The molecule has 1 N–H and O–H groups in total. The minimum atomic E-state index is -3.52. The van der Waals surface area contributed by atoms with Crippen molar-refractivity contribution in [1.29, 1.82) is 0 Å². The lowest BCUT2D eigenvalue weighted by atomic mass is 9.88. The summed E-state index contributed by atoms with van der Waals surface area (Å²) < 4.78 is 29.0. The first-order valence-corrected chi connectivity index (χ1v) is 9.64. The Morgan fingerprint density at radius 2 is 2.17 bits per heavy atom. The molecule has 24 heavy (non-hydrogen) atoms. The summed E-state index contributed by atoms with van der Waals surface area (Å²) in [7, 11) is -3.52. The molecule has 0 saturated heterocycles. The standard InChI is InChI=1S/C16H17N3O4S/c1-16(20)7-3-4-10(16)14-12-11(23-19-14)6-5-9-8-17-15(18-13(9)12)24(2,21)22/h5-6,8,10,20H,3-4,7H2,1-2H3/t10-,16+/m0/s1. The number of rotatable bonds is 2. The smallest absolute Gasteiger partial charge is 0.247 e. The van der Waals surface area contributed by atoms with Crippen LogP contribution in [0.3, 0.4) is 0 Å². The molecule has 1 aliphatic carbocycles. The monoisotopic (exact) mass is 347 g/mol. The van der Waals surface area contributed by atoms with Crippen molar-refractivity contribution in [1.82, 2.24) is 15.1 Å². The van der Waals surface area contributed by atoms with E-state index in [1.165, 1.54) is 6.20 Å². The fraction of sp³-hybridized carbons (Fsp3) is 0.438. The molecule has 1 fully saturated rings. The van der Waals surface area contributed by atoms with E-state index >= 15 is 0 Å². The molecule has 0 unspecified atom stereocenters. The Morgan fingerprint density at radius 3 is 2.83 bits per heavy atom. The lowest BCUT2D eigenvalue weighted by molar-refractivity contribution is 0.0479. The van der Waals surface area contributed by atoms with E-state index in [1.54, 1.807) is 19.1 Å². The molecule has 1 aliphatic rings. The highest BCUT2D eigenvalue weighted by molar-refractivity contribution is 7.90. The van der Waals surface area contributed by atoms with E-state index in [0.29, 0.717) is 34.0 Å². The molecule has 1 saturated carbocycles. The summed E-state index contributed by atoms with van der Waals surface area (Å²) in [6.07, 6.45) is 4.96. The summed E-state index contributed by atoms with van der Waals surface area (Å²) in [4.78, 5) is 8.17. The number of nitrogens with zero attached hydrogens (tertiary/aromatic N) is 3. The first-order valence-electron chi connectivity index (χ1n) is 7.75. The third-order valence-electron chi connectivity index (χ3n) is 4.78. The second-order valence-corrected chi connectivity index (χ2v) is 8.58. The maximum atomic E-state index is 11.8. The minimum absolute atomic E-state index is 0.166. The molecule has 2 aromatic heterocycles.